The molecular weight excluding hydrogens is 828 g/mol. The molecule has 18 nitrogen and oxygen atoms in total. The van der Waals surface area contributed by atoms with Gasteiger partial charge in [0, 0.05) is 12.3 Å². The molecule has 0 unspecified atom stereocenters. The van der Waals surface area contributed by atoms with E-state index < -0.39 is 111 Å². The van der Waals surface area contributed by atoms with E-state index in [9.17, 15) is 56.2 Å². The third kappa shape index (κ3) is 8.60. The van der Waals surface area contributed by atoms with E-state index in [0.29, 0.717) is 36.5 Å². The van der Waals surface area contributed by atoms with Gasteiger partial charge in [0.25, 0.3) is 0 Å². The topological polar surface area (TPSA) is 287 Å². The number of aliphatic hydroxyl groups is 11. The van der Waals surface area contributed by atoms with E-state index in [1.165, 1.54) is 6.92 Å². The summed E-state index contributed by atoms with van der Waals surface area (Å²) in [5.74, 6) is 0.658. The molecule has 8 aliphatic rings. The summed E-state index contributed by atoms with van der Waals surface area (Å²) >= 11 is 0. The van der Waals surface area contributed by atoms with Crippen molar-refractivity contribution in [2.24, 2.45) is 52.3 Å². The summed E-state index contributed by atoms with van der Waals surface area (Å²) in [7, 11) is 0. The van der Waals surface area contributed by atoms with Crippen LogP contribution in [0.2, 0.25) is 0 Å². The average molecular weight is 905 g/mol. The first kappa shape index (κ1) is 48.7. The summed E-state index contributed by atoms with van der Waals surface area (Å²) in [6, 6.07) is 0. The lowest BCUT2D eigenvalue weighted by Gasteiger charge is -2.61. The summed E-state index contributed by atoms with van der Waals surface area (Å²) in [5.41, 5.74) is 0.0866. The van der Waals surface area contributed by atoms with Crippen LogP contribution in [-0.2, 0) is 33.2 Å². The van der Waals surface area contributed by atoms with Gasteiger partial charge in [-0.25, -0.2) is 0 Å². The fraction of sp³-hybridized carbons (Fsp3) is 1.00. The van der Waals surface area contributed by atoms with Gasteiger partial charge >= 0.3 is 0 Å². The van der Waals surface area contributed by atoms with Crippen LogP contribution in [0.1, 0.15) is 98.8 Å². The van der Waals surface area contributed by atoms with Crippen LogP contribution < -0.4 is 0 Å². The Kier molecular flexibility index (Phi) is 14.4. The zero-order valence-electron chi connectivity index (χ0n) is 37.3. The summed E-state index contributed by atoms with van der Waals surface area (Å²) in [4.78, 5) is 0. The summed E-state index contributed by atoms with van der Waals surface area (Å²) in [5, 5.41) is 115. The second-order valence-corrected chi connectivity index (χ2v) is 21.4. The lowest BCUT2D eigenvalue weighted by Crippen LogP contribution is -2.64. The fourth-order valence-corrected chi connectivity index (χ4v) is 14.1. The Balaban J connectivity index is 0.868. The summed E-state index contributed by atoms with van der Waals surface area (Å²) < 4.78 is 42.2. The Morgan fingerprint density at radius 3 is 1.98 bits per heavy atom. The Morgan fingerprint density at radius 1 is 0.651 bits per heavy atom. The van der Waals surface area contributed by atoms with Gasteiger partial charge in [0.05, 0.1) is 38.1 Å². The first-order chi connectivity index (χ1) is 29.8. The molecule has 0 amide bonds. The monoisotopic (exact) mass is 905 g/mol. The predicted molar refractivity (Wildman–Crippen MR) is 218 cm³/mol. The van der Waals surface area contributed by atoms with Gasteiger partial charge in [0.2, 0.25) is 0 Å². The van der Waals surface area contributed by atoms with Crippen molar-refractivity contribution in [3.63, 3.8) is 0 Å². The van der Waals surface area contributed by atoms with Crippen LogP contribution in [0.25, 0.3) is 0 Å². The normalized spacial score (nSPS) is 56.3. The fourth-order valence-electron chi connectivity index (χ4n) is 14.1. The highest BCUT2D eigenvalue weighted by molar-refractivity contribution is 5.15. The van der Waals surface area contributed by atoms with Gasteiger partial charge in [0.15, 0.2) is 24.7 Å². The molecule has 4 aliphatic carbocycles. The highest BCUT2D eigenvalue weighted by Gasteiger charge is 2.68. The highest BCUT2D eigenvalue weighted by atomic mass is 16.8. The quantitative estimate of drug-likeness (QED) is 0.107. The van der Waals surface area contributed by atoms with E-state index in [-0.39, 0.29) is 47.4 Å². The van der Waals surface area contributed by atoms with Gasteiger partial charge in [-0.1, -0.05) is 27.7 Å². The molecule has 4 saturated carbocycles. The zero-order valence-corrected chi connectivity index (χ0v) is 37.3. The average Bonchev–Trinajstić information content (AvgIpc) is 3.70. The van der Waals surface area contributed by atoms with Crippen molar-refractivity contribution in [1.82, 2.24) is 0 Å². The van der Waals surface area contributed by atoms with Crippen molar-refractivity contribution in [3.05, 3.63) is 0 Å². The van der Waals surface area contributed by atoms with Crippen LogP contribution in [0.15, 0.2) is 0 Å². The number of hydrogen-bond acceptors (Lipinski definition) is 18. The maximum Gasteiger partial charge on any atom is 0.187 e. The number of hydrogen-bond donors (Lipinski definition) is 11. The number of fused-ring (bicyclic) bond motifs is 7. The lowest BCUT2D eigenvalue weighted by atomic mass is 9.44. The van der Waals surface area contributed by atoms with E-state index in [4.69, 9.17) is 33.2 Å². The molecule has 8 fully saturated rings. The Morgan fingerprint density at radius 2 is 1.29 bits per heavy atom. The lowest BCUT2D eigenvalue weighted by molar-refractivity contribution is -0.371. The smallest absolute Gasteiger partial charge is 0.187 e. The molecule has 18 heteroatoms. The molecule has 63 heavy (non-hydrogen) atoms. The van der Waals surface area contributed by atoms with Crippen LogP contribution in [0.3, 0.4) is 0 Å². The maximum absolute atomic E-state index is 12.1. The van der Waals surface area contributed by atoms with E-state index in [0.717, 1.165) is 51.4 Å². The molecule has 4 aliphatic heterocycles. The zero-order chi connectivity index (χ0) is 45.5. The van der Waals surface area contributed by atoms with Crippen molar-refractivity contribution < 1.29 is 89.3 Å². The Bertz CT molecular complexity index is 1540. The molecule has 0 aromatic rings. The van der Waals surface area contributed by atoms with Crippen molar-refractivity contribution in [1.29, 1.82) is 0 Å². The number of ether oxygens (including phenoxy) is 7. The minimum atomic E-state index is -1.64. The van der Waals surface area contributed by atoms with Crippen LogP contribution in [0, 0.1) is 52.3 Å². The minimum absolute atomic E-state index is 0.0145. The SMILES string of the molecule is C[C@H](CC[C@@]1(O)O[C@H]2C[C@H]3[C@@H]4CC[C@H]5C[C@@H](O[C@@H]6O[C@H](CO)[C@@H](O)[C@H](O)[C@H]6O[C@@H]6O[C@@H](C)[C@H](O)[C@@H](O)[C@H]6O)CC[C@]5(C)[C@H]4CC[C@]3(C)[C@H]2[C@@H]1C)CO[C@@H]1O[C@H](CO)[C@@H](O)[C@H](O)[C@H]1O. The third-order valence-corrected chi connectivity index (χ3v) is 17.9. The van der Waals surface area contributed by atoms with Crippen molar-refractivity contribution in [2.45, 2.75) is 209 Å². The van der Waals surface area contributed by atoms with E-state index in [1.54, 1.807) is 0 Å². The van der Waals surface area contributed by atoms with Gasteiger partial charge in [-0.3, -0.25) is 0 Å². The molecule has 4 heterocycles. The molecule has 27 atom stereocenters. The van der Waals surface area contributed by atoms with Crippen LogP contribution in [0.4, 0.5) is 0 Å². The van der Waals surface area contributed by atoms with Crippen molar-refractivity contribution in [2.75, 3.05) is 19.8 Å². The first-order valence-corrected chi connectivity index (χ1v) is 23.7. The molecule has 0 bridgehead atoms. The van der Waals surface area contributed by atoms with E-state index in [2.05, 4.69) is 20.8 Å². The second-order valence-electron chi connectivity index (χ2n) is 21.4. The largest absolute Gasteiger partial charge is 0.394 e. The molecule has 0 spiro atoms. The van der Waals surface area contributed by atoms with Gasteiger partial charge in [-0.2, -0.15) is 0 Å². The highest BCUT2D eigenvalue weighted by Crippen LogP contribution is 2.71. The number of aliphatic hydroxyl groups excluding tert-OH is 10. The van der Waals surface area contributed by atoms with Crippen LogP contribution in [-0.4, -0.2) is 186 Å². The maximum atomic E-state index is 12.1. The molecule has 11 N–H and O–H groups in total. The van der Waals surface area contributed by atoms with E-state index in [1.807, 2.05) is 6.92 Å². The van der Waals surface area contributed by atoms with Gasteiger partial charge in [0.1, 0.15) is 67.1 Å². The van der Waals surface area contributed by atoms with Crippen molar-refractivity contribution >= 4 is 0 Å². The van der Waals surface area contributed by atoms with Crippen molar-refractivity contribution in [3.8, 4) is 0 Å². The minimum Gasteiger partial charge on any atom is -0.394 e. The molecule has 0 radical (unpaired) electrons. The van der Waals surface area contributed by atoms with Crippen LogP contribution >= 0.6 is 0 Å². The standard InChI is InChI=1S/C45H76O18/c1-19(18-57-40-37(54)35(52)32(49)28(16-46)60-40)8-13-45(56)20(2)30-27(63-45)15-26-24-7-6-22-14-23(9-11-43(22,4)25(24)10-12-44(26,30)5)59-42-39(36(53)33(50)29(17-47)61-42)62-41-38(55)34(51)31(48)21(3)58-41/h19-42,46-56H,6-18H2,1-5H3/t19-,20+,21+,22+,23+,24-,25+,26+,27+,28-,29-,30+,31+,32-,33-,34-,35+,36+,37-,38-,39-,40-,41+,42-,43+,44+,45-/m1/s1. The summed E-state index contributed by atoms with van der Waals surface area (Å²) in [6.07, 6.45) is -12.1. The van der Waals surface area contributed by atoms with Gasteiger partial charge < -0.3 is 89.3 Å². The molecule has 8 rings (SSSR count). The van der Waals surface area contributed by atoms with E-state index >= 15 is 0 Å². The first-order valence-electron chi connectivity index (χ1n) is 23.7. The Labute approximate surface area is 369 Å². The molecule has 0 aromatic carbocycles. The predicted octanol–water partition coefficient (Wildman–Crippen LogP) is -0.752. The molecule has 4 saturated heterocycles. The summed E-state index contributed by atoms with van der Waals surface area (Å²) in [6.45, 7) is 9.57. The molecular formula is C45H76O18. The Hall–Kier alpha value is -0.720. The van der Waals surface area contributed by atoms with Gasteiger partial charge in [-0.15, -0.1) is 0 Å². The third-order valence-electron chi connectivity index (χ3n) is 17.9. The molecule has 0 aromatic heterocycles. The number of rotatable bonds is 12. The van der Waals surface area contributed by atoms with Gasteiger partial charge in [-0.05, 0) is 111 Å². The molecule has 364 valence electrons. The second kappa shape index (κ2) is 18.6. The van der Waals surface area contributed by atoms with Crippen LogP contribution in [0.5, 0.6) is 0 Å².